The molecule has 0 N–H and O–H groups in total. The van der Waals surface area contributed by atoms with Crippen LogP contribution in [0.4, 0.5) is 0 Å². The van der Waals surface area contributed by atoms with Crippen LogP contribution in [0.25, 0.3) is 43.3 Å². The first kappa shape index (κ1) is 24.4. The standard InChI is InChI=1S/C37H30N2Si/c1-3-40(2)36(30-20-18-26-16-10-22-38-32(26)24-30)34(28-12-6-4-7-13-28)35(29-14-8-5-9-15-29)37(40)31-21-19-27-17-11-23-39-33(27)25-31/h4-25H,3H2,1-2H3. The molecule has 1 aliphatic heterocycles. The van der Waals surface area contributed by atoms with E-state index in [2.05, 4.69) is 123 Å². The molecule has 0 saturated heterocycles. The highest BCUT2D eigenvalue weighted by molar-refractivity contribution is 7.13. The Morgan fingerprint density at radius 1 is 0.500 bits per heavy atom. The molecule has 3 heteroatoms. The maximum Gasteiger partial charge on any atom is 0.118 e. The molecule has 192 valence electrons. The van der Waals surface area contributed by atoms with Crippen LogP contribution in [-0.4, -0.2) is 18.0 Å². The summed E-state index contributed by atoms with van der Waals surface area (Å²) in [6.45, 7) is 4.93. The normalized spacial score (nSPS) is 14.8. The number of rotatable bonds is 5. The Hall–Kier alpha value is -4.60. The van der Waals surface area contributed by atoms with Crippen LogP contribution < -0.4 is 0 Å². The van der Waals surface area contributed by atoms with Crippen molar-refractivity contribution >= 4 is 51.4 Å². The molecule has 2 aromatic heterocycles. The van der Waals surface area contributed by atoms with Gasteiger partial charge < -0.3 is 0 Å². The van der Waals surface area contributed by atoms with Crippen molar-refractivity contribution in [3.05, 3.63) is 156 Å². The maximum absolute atomic E-state index is 4.74. The Morgan fingerprint density at radius 3 is 1.38 bits per heavy atom. The van der Waals surface area contributed by atoms with Crippen LogP contribution in [-0.2, 0) is 0 Å². The SMILES string of the molecule is CC[Si]1(C)C(c2ccc3cccnc3c2)=C(c2ccccc2)C(c2ccccc2)=C1c1ccc2cccnc2c1. The van der Waals surface area contributed by atoms with E-state index in [-0.39, 0.29) is 0 Å². The fourth-order valence-electron chi connectivity index (χ4n) is 6.44. The van der Waals surface area contributed by atoms with Crippen molar-refractivity contribution in [2.24, 2.45) is 0 Å². The van der Waals surface area contributed by atoms with E-state index in [0.29, 0.717) is 0 Å². The second-order valence-corrected chi connectivity index (χ2v) is 15.1. The largest absolute Gasteiger partial charge is 0.256 e. The van der Waals surface area contributed by atoms with Gasteiger partial charge in [0.15, 0.2) is 0 Å². The molecule has 0 saturated carbocycles. The van der Waals surface area contributed by atoms with Gasteiger partial charge in [-0.3, -0.25) is 9.97 Å². The predicted molar refractivity (Wildman–Crippen MR) is 172 cm³/mol. The Bertz CT molecular complexity index is 1800. The van der Waals surface area contributed by atoms with Gasteiger partial charge in [-0.25, -0.2) is 0 Å². The number of benzene rings is 4. The molecule has 0 atom stereocenters. The van der Waals surface area contributed by atoms with Gasteiger partial charge in [-0.2, -0.15) is 0 Å². The zero-order valence-electron chi connectivity index (χ0n) is 22.8. The van der Waals surface area contributed by atoms with E-state index in [1.54, 1.807) is 0 Å². The summed E-state index contributed by atoms with van der Waals surface area (Å²) in [5.41, 5.74) is 9.88. The van der Waals surface area contributed by atoms with Gasteiger partial charge in [0.25, 0.3) is 0 Å². The zero-order chi connectivity index (χ0) is 27.1. The quantitative estimate of drug-likeness (QED) is 0.207. The van der Waals surface area contributed by atoms with E-state index in [1.807, 2.05) is 24.5 Å². The summed E-state index contributed by atoms with van der Waals surface area (Å²) in [4.78, 5) is 9.49. The molecule has 0 amide bonds. The second-order valence-electron chi connectivity index (χ2n) is 10.7. The van der Waals surface area contributed by atoms with Crippen molar-refractivity contribution in [3.63, 3.8) is 0 Å². The summed E-state index contributed by atoms with van der Waals surface area (Å²) in [6, 6.07) is 45.1. The van der Waals surface area contributed by atoms with Gasteiger partial charge in [0.05, 0.1) is 11.0 Å². The molecule has 0 fully saturated rings. The molecule has 6 aromatic rings. The Labute approximate surface area is 236 Å². The van der Waals surface area contributed by atoms with Crippen LogP contribution in [0.2, 0.25) is 12.6 Å². The second kappa shape index (κ2) is 9.85. The third-order valence-electron chi connectivity index (χ3n) is 8.47. The molecule has 0 aliphatic carbocycles. The summed E-state index contributed by atoms with van der Waals surface area (Å²) >= 11 is 0. The van der Waals surface area contributed by atoms with Crippen LogP contribution in [0.15, 0.2) is 134 Å². The summed E-state index contributed by atoms with van der Waals surface area (Å²) in [5.74, 6) is 0. The van der Waals surface area contributed by atoms with Gasteiger partial charge >= 0.3 is 0 Å². The van der Waals surface area contributed by atoms with E-state index in [4.69, 9.17) is 9.97 Å². The van der Waals surface area contributed by atoms with E-state index >= 15 is 0 Å². The summed E-state index contributed by atoms with van der Waals surface area (Å²) in [6.07, 6.45) is 3.79. The van der Waals surface area contributed by atoms with E-state index in [1.165, 1.54) is 54.6 Å². The smallest absolute Gasteiger partial charge is 0.118 e. The van der Waals surface area contributed by atoms with Crippen molar-refractivity contribution in [3.8, 4) is 0 Å². The highest BCUT2D eigenvalue weighted by Gasteiger charge is 2.46. The number of nitrogens with zero attached hydrogens (tertiary/aromatic N) is 2. The number of hydrogen-bond acceptors (Lipinski definition) is 2. The predicted octanol–water partition coefficient (Wildman–Crippen LogP) is 9.50. The molecule has 1 aliphatic rings. The molecular weight excluding hydrogens is 501 g/mol. The minimum absolute atomic E-state index is 1.04. The number of allylic oxidation sites excluding steroid dienone is 2. The van der Waals surface area contributed by atoms with Crippen molar-refractivity contribution in [1.82, 2.24) is 9.97 Å². The van der Waals surface area contributed by atoms with Crippen LogP contribution in [0.5, 0.6) is 0 Å². The molecule has 0 bridgehead atoms. The minimum Gasteiger partial charge on any atom is -0.256 e. The summed E-state index contributed by atoms with van der Waals surface area (Å²) < 4.78 is 0. The van der Waals surface area contributed by atoms with Gasteiger partial charge in [-0.05, 0) is 68.1 Å². The fraction of sp³-hybridized carbons (Fsp3) is 0.0811. The topological polar surface area (TPSA) is 25.8 Å². The van der Waals surface area contributed by atoms with Gasteiger partial charge in [0.1, 0.15) is 8.07 Å². The highest BCUT2D eigenvalue weighted by atomic mass is 28.3. The number of hydrogen-bond donors (Lipinski definition) is 0. The zero-order valence-corrected chi connectivity index (χ0v) is 23.8. The molecule has 7 rings (SSSR count). The van der Waals surface area contributed by atoms with E-state index in [0.717, 1.165) is 17.1 Å². The lowest BCUT2D eigenvalue weighted by Crippen LogP contribution is -2.32. The monoisotopic (exact) mass is 530 g/mol. The third-order valence-corrected chi connectivity index (χ3v) is 13.2. The van der Waals surface area contributed by atoms with Crippen molar-refractivity contribution < 1.29 is 0 Å². The Balaban J connectivity index is 1.61. The highest BCUT2D eigenvalue weighted by Crippen LogP contribution is 2.57. The first-order valence-corrected chi connectivity index (χ1v) is 16.7. The molecule has 40 heavy (non-hydrogen) atoms. The van der Waals surface area contributed by atoms with E-state index < -0.39 is 8.07 Å². The van der Waals surface area contributed by atoms with Crippen LogP contribution in [0, 0.1) is 0 Å². The average Bonchev–Trinajstić information content (AvgIpc) is 3.31. The third kappa shape index (κ3) is 3.93. The average molecular weight is 531 g/mol. The van der Waals surface area contributed by atoms with Crippen molar-refractivity contribution in [2.45, 2.75) is 19.5 Å². The maximum atomic E-state index is 4.74. The van der Waals surface area contributed by atoms with Gasteiger partial charge in [-0.15, -0.1) is 0 Å². The number of aromatic nitrogens is 2. The summed E-state index contributed by atoms with van der Waals surface area (Å²) in [5, 5.41) is 5.32. The van der Waals surface area contributed by atoms with Crippen LogP contribution >= 0.6 is 0 Å². The van der Waals surface area contributed by atoms with Gasteiger partial charge in [0.2, 0.25) is 0 Å². The molecular formula is C37H30N2Si. The molecule has 0 unspecified atom stereocenters. The van der Waals surface area contributed by atoms with E-state index in [9.17, 15) is 0 Å². The van der Waals surface area contributed by atoms with Gasteiger partial charge in [-0.1, -0.05) is 117 Å². The molecule has 4 aromatic carbocycles. The molecule has 2 nitrogen and oxygen atoms in total. The first-order valence-electron chi connectivity index (χ1n) is 14.0. The lowest BCUT2D eigenvalue weighted by molar-refractivity contribution is 1.39. The fourth-order valence-corrected chi connectivity index (χ4v) is 10.6. The summed E-state index contributed by atoms with van der Waals surface area (Å²) in [7, 11) is -2.26. The first-order chi connectivity index (χ1) is 19.7. The van der Waals surface area contributed by atoms with Crippen LogP contribution in [0.1, 0.15) is 29.2 Å². The molecule has 0 spiro atoms. The van der Waals surface area contributed by atoms with Crippen molar-refractivity contribution in [2.75, 3.05) is 0 Å². The Morgan fingerprint density at radius 2 is 0.950 bits per heavy atom. The van der Waals surface area contributed by atoms with Crippen molar-refractivity contribution in [1.29, 1.82) is 0 Å². The molecule has 0 radical (unpaired) electrons. The molecule has 3 heterocycles. The lowest BCUT2D eigenvalue weighted by Gasteiger charge is -2.30. The number of fused-ring (bicyclic) bond motifs is 2. The minimum atomic E-state index is -2.26. The van der Waals surface area contributed by atoms with Crippen LogP contribution in [0.3, 0.4) is 0 Å². The van der Waals surface area contributed by atoms with Gasteiger partial charge in [0, 0.05) is 23.2 Å². The lowest BCUT2D eigenvalue weighted by atomic mass is 9.89. The Kier molecular flexibility index (Phi) is 6.02. The number of pyridine rings is 2.